The number of fused-ring (bicyclic) bond motifs is 1. The molecule has 0 unspecified atom stereocenters. The Morgan fingerprint density at radius 2 is 1.96 bits per heavy atom. The number of nitrogens with one attached hydrogen (secondary N) is 1. The molecular weight excluding hydrogens is 471 g/mol. The van der Waals surface area contributed by atoms with Crippen LogP contribution in [0.1, 0.15) is 49.6 Å². The largest absolute Gasteiger partial charge is 0.454 e. The number of hydrogen-bond acceptors (Lipinski definition) is 5. The summed E-state index contributed by atoms with van der Waals surface area (Å²) in [7, 11) is 3.77. The molecule has 2 heterocycles. The topological polar surface area (TPSA) is 72.1 Å². The number of hydrogen-bond donors (Lipinski definition) is 1. The van der Waals surface area contributed by atoms with Gasteiger partial charge in [-0.1, -0.05) is 25.1 Å². The molecule has 1 aliphatic heterocycles. The fraction of sp³-hybridized carbons (Fsp3) is 0.500. The predicted octanol–water partition coefficient (Wildman–Crippen LogP) is 4.13. The van der Waals surface area contributed by atoms with E-state index in [1.807, 2.05) is 31.3 Å². The first-order valence-corrected chi connectivity index (χ1v) is 9.40. The number of benzene rings is 1. The van der Waals surface area contributed by atoms with E-state index in [1.54, 1.807) is 7.05 Å². The molecule has 0 saturated heterocycles. The highest BCUT2D eigenvalue weighted by Crippen LogP contribution is 2.32. The Morgan fingerprint density at radius 3 is 2.68 bits per heavy atom. The SMILES string of the molecule is CCC(CC)c1cc(CNC(=NC)N(C)Cc2ccc3c(c2)OCO3)on1.I. The highest BCUT2D eigenvalue weighted by molar-refractivity contribution is 14.0. The molecule has 2 aromatic rings. The van der Waals surface area contributed by atoms with E-state index >= 15 is 0 Å². The first-order chi connectivity index (χ1) is 13.1. The summed E-state index contributed by atoms with van der Waals surface area (Å²) in [5, 5.41) is 7.55. The van der Waals surface area contributed by atoms with Crippen LogP contribution in [0, 0.1) is 0 Å². The van der Waals surface area contributed by atoms with Crippen LogP contribution in [0.4, 0.5) is 0 Å². The number of nitrogens with zero attached hydrogens (tertiary/aromatic N) is 3. The lowest BCUT2D eigenvalue weighted by molar-refractivity contribution is 0.174. The summed E-state index contributed by atoms with van der Waals surface area (Å²) in [6.07, 6.45) is 2.13. The van der Waals surface area contributed by atoms with Crippen molar-refractivity contribution >= 4 is 29.9 Å². The van der Waals surface area contributed by atoms with Crippen LogP contribution in [0.25, 0.3) is 0 Å². The minimum atomic E-state index is 0. The molecular formula is C20H29IN4O3. The number of aliphatic imine (C=N–C) groups is 1. The molecule has 1 aromatic carbocycles. The van der Waals surface area contributed by atoms with E-state index in [-0.39, 0.29) is 30.8 Å². The van der Waals surface area contributed by atoms with Crippen molar-refractivity contribution in [2.75, 3.05) is 20.9 Å². The molecule has 28 heavy (non-hydrogen) atoms. The molecule has 1 N–H and O–H groups in total. The molecule has 8 heteroatoms. The number of guanidine groups is 1. The van der Waals surface area contributed by atoms with Gasteiger partial charge in [0.25, 0.3) is 0 Å². The van der Waals surface area contributed by atoms with E-state index in [0.717, 1.165) is 47.3 Å². The highest BCUT2D eigenvalue weighted by Gasteiger charge is 2.16. The summed E-state index contributed by atoms with van der Waals surface area (Å²) in [5.41, 5.74) is 2.15. The molecule has 7 nitrogen and oxygen atoms in total. The Bertz CT molecular complexity index is 790. The van der Waals surface area contributed by atoms with Gasteiger partial charge in [0.1, 0.15) is 0 Å². The fourth-order valence-corrected chi connectivity index (χ4v) is 3.25. The van der Waals surface area contributed by atoms with Crippen molar-refractivity contribution in [1.82, 2.24) is 15.4 Å². The summed E-state index contributed by atoms with van der Waals surface area (Å²) >= 11 is 0. The van der Waals surface area contributed by atoms with Crippen molar-refractivity contribution in [2.24, 2.45) is 4.99 Å². The number of halogens is 1. The molecule has 0 atom stereocenters. The summed E-state index contributed by atoms with van der Waals surface area (Å²) in [4.78, 5) is 6.41. The Morgan fingerprint density at radius 1 is 1.21 bits per heavy atom. The maximum absolute atomic E-state index is 5.48. The van der Waals surface area contributed by atoms with Gasteiger partial charge >= 0.3 is 0 Å². The van der Waals surface area contributed by atoms with Gasteiger partial charge in [0.05, 0.1) is 12.2 Å². The van der Waals surface area contributed by atoms with Gasteiger partial charge in [-0.05, 0) is 30.5 Å². The second kappa shape index (κ2) is 10.5. The lowest BCUT2D eigenvalue weighted by Gasteiger charge is -2.21. The fourth-order valence-electron chi connectivity index (χ4n) is 3.25. The molecule has 3 rings (SSSR count). The second-order valence-corrected chi connectivity index (χ2v) is 6.68. The first-order valence-electron chi connectivity index (χ1n) is 9.40. The average molecular weight is 500 g/mol. The van der Waals surface area contributed by atoms with Gasteiger partial charge in [0.15, 0.2) is 23.2 Å². The van der Waals surface area contributed by atoms with Crippen molar-refractivity contribution in [1.29, 1.82) is 0 Å². The zero-order chi connectivity index (χ0) is 19.2. The normalized spacial score (nSPS) is 12.8. The lowest BCUT2D eigenvalue weighted by Crippen LogP contribution is -2.37. The van der Waals surface area contributed by atoms with Crippen LogP contribution in [-0.4, -0.2) is 36.9 Å². The summed E-state index contributed by atoms with van der Waals surface area (Å²) in [6, 6.07) is 8.02. The van der Waals surface area contributed by atoms with Crippen LogP contribution in [0.15, 0.2) is 33.8 Å². The van der Waals surface area contributed by atoms with E-state index in [9.17, 15) is 0 Å². The maximum atomic E-state index is 5.48. The zero-order valence-electron chi connectivity index (χ0n) is 16.9. The Balaban J connectivity index is 0.00000280. The van der Waals surface area contributed by atoms with Gasteiger partial charge < -0.3 is 24.2 Å². The van der Waals surface area contributed by atoms with E-state index in [1.165, 1.54) is 0 Å². The van der Waals surface area contributed by atoms with Crippen molar-refractivity contribution in [3.63, 3.8) is 0 Å². The van der Waals surface area contributed by atoms with Crippen molar-refractivity contribution in [3.8, 4) is 11.5 Å². The number of rotatable bonds is 7. The zero-order valence-corrected chi connectivity index (χ0v) is 19.2. The Hall–Kier alpha value is -1.97. The molecule has 0 saturated carbocycles. The molecule has 0 fully saturated rings. The predicted molar refractivity (Wildman–Crippen MR) is 119 cm³/mol. The number of aromatic nitrogens is 1. The third kappa shape index (κ3) is 5.30. The Labute approximate surface area is 183 Å². The minimum absolute atomic E-state index is 0. The third-order valence-electron chi connectivity index (χ3n) is 4.83. The average Bonchev–Trinajstić information content (AvgIpc) is 3.32. The molecule has 154 valence electrons. The van der Waals surface area contributed by atoms with E-state index in [4.69, 9.17) is 14.0 Å². The van der Waals surface area contributed by atoms with Crippen LogP contribution in [0.5, 0.6) is 11.5 Å². The summed E-state index contributed by atoms with van der Waals surface area (Å²) < 4.78 is 16.3. The van der Waals surface area contributed by atoms with Gasteiger partial charge in [0.2, 0.25) is 6.79 Å². The molecule has 0 bridgehead atoms. The molecule has 0 aliphatic carbocycles. The van der Waals surface area contributed by atoms with Gasteiger partial charge in [-0.2, -0.15) is 0 Å². The quantitative estimate of drug-likeness (QED) is 0.350. The van der Waals surface area contributed by atoms with Gasteiger partial charge in [0, 0.05) is 32.6 Å². The van der Waals surface area contributed by atoms with Gasteiger partial charge in [-0.25, -0.2) is 0 Å². The van der Waals surface area contributed by atoms with E-state index in [0.29, 0.717) is 19.0 Å². The van der Waals surface area contributed by atoms with Crippen LogP contribution in [-0.2, 0) is 13.1 Å². The van der Waals surface area contributed by atoms with Crippen LogP contribution < -0.4 is 14.8 Å². The molecule has 0 radical (unpaired) electrons. The van der Waals surface area contributed by atoms with Crippen molar-refractivity contribution < 1.29 is 14.0 Å². The third-order valence-corrected chi connectivity index (χ3v) is 4.83. The van der Waals surface area contributed by atoms with Gasteiger partial charge in [-0.15, -0.1) is 24.0 Å². The summed E-state index contributed by atoms with van der Waals surface area (Å²) in [6.45, 7) is 5.88. The van der Waals surface area contributed by atoms with Crippen LogP contribution >= 0.6 is 24.0 Å². The van der Waals surface area contributed by atoms with E-state index in [2.05, 4.69) is 34.2 Å². The maximum Gasteiger partial charge on any atom is 0.231 e. The Kier molecular flexibility index (Phi) is 8.40. The number of ether oxygens (including phenoxy) is 2. The van der Waals surface area contributed by atoms with Crippen molar-refractivity contribution in [2.45, 2.75) is 45.7 Å². The molecule has 1 aromatic heterocycles. The van der Waals surface area contributed by atoms with Crippen LogP contribution in [0.2, 0.25) is 0 Å². The minimum Gasteiger partial charge on any atom is -0.454 e. The van der Waals surface area contributed by atoms with E-state index < -0.39 is 0 Å². The summed E-state index contributed by atoms with van der Waals surface area (Å²) in [5.74, 6) is 3.64. The molecule has 0 amide bonds. The monoisotopic (exact) mass is 500 g/mol. The van der Waals surface area contributed by atoms with Gasteiger partial charge in [-0.3, -0.25) is 4.99 Å². The molecule has 0 spiro atoms. The standard InChI is InChI=1S/C20H28N4O3.HI/c1-5-15(6-2)17-10-16(27-23-17)11-22-20(21-3)24(4)12-14-7-8-18-19(9-14)26-13-25-18;/h7-10,15H,5-6,11-13H2,1-4H3,(H,21,22);1H. The lowest BCUT2D eigenvalue weighted by atomic mass is 9.99. The van der Waals surface area contributed by atoms with Crippen LogP contribution in [0.3, 0.4) is 0 Å². The smallest absolute Gasteiger partial charge is 0.231 e. The second-order valence-electron chi connectivity index (χ2n) is 6.68. The first kappa shape index (κ1) is 22.3. The highest BCUT2D eigenvalue weighted by atomic mass is 127. The molecule has 1 aliphatic rings. The van der Waals surface area contributed by atoms with Crippen molar-refractivity contribution in [3.05, 3.63) is 41.3 Å².